The Morgan fingerprint density at radius 1 is 1.23 bits per heavy atom. The third-order valence-electron chi connectivity index (χ3n) is 3.80. The van der Waals surface area contributed by atoms with E-state index in [1.165, 1.54) is 17.3 Å². The van der Waals surface area contributed by atoms with Gasteiger partial charge in [-0.25, -0.2) is 0 Å². The van der Waals surface area contributed by atoms with Crippen molar-refractivity contribution in [2.75, 3.05) is 11.1 Å². The number of benzene rings is 2. The molecule has 1 N–H and O–H groups in total. The van der Waals surface area contributed by atoms with Crippen LogP contribution in [0.25, 0.3) is 5.69 Å². The van der Waals surface area contributed by atoms with Crippen molar-refractivity contribution in [2.24, 2.45) is 0 Å². The first-order valence-electron chi connectivity index (χ1n) is 8.21. The van der Waals surface area contributed by atoms with Crippen LogP contribution in [0.3, 0.4) is 0 Å². The second-order valence-electron chi connectivity index (χ2n) is 6.08. The van der Waals surface area contributed by atoms with E-state index >= 15 is 0 Å². The maximum Gasteiger partial charge on any atom is 0.234 e. The van der Waals surface area contributed by atoms with Crippen molar-refractivity contribution in [3.63, 3.8) is 0 Å². The van der Waals surface area contributed by atoms with Crippen LogP contribution in [0.15, 0.2) is 60.0 Å². The lowest BCUT2D eigenvalue weighted by Gasteiger charge is -2.09. The highest BCUT2D eigenvalue weighted by Crippen LogP contribution is 2.22. The molecule has 2 aromatic carbocycles. The summed E-state index contributed by atoms with van der Waals surface area (Å²) < 4.78 is 1.88. The van der Waals surface area contributed by atoms with Crippen LogP contribution in [0, 0.1) is 0 Å². The number of rotatable bonds is 6. The number of thioether (sulfide) groups is 1. The minimum absolute atomic E-state index is 0.123. The Balaban J connectivity index is 1.64. The Labute approximate surface area is 161 Å². The van der Waals surface area contributed by atoms with Gasteiger partial charge in [0, 0.05) is 16.4 Å². The monoisotopic (exact) mass is 386 g/mol. The van der Waals surface area contributed by atoms with Crippen molar-refractivity contribution < 1.29 is 4.79 Å². The number of anilines is 1. The maximum atomic E-state index is 12.2. The number of hydrogen-bond acceptors (Lipinski definition) is 4. The first kappa shape index (κ1) is 18.5. The molecule has 0 bridgehead atoms. The highest BCUT2D eigenvalue weighted by Gasteiger charge is 2.11. The highest BCUT2D eigenvalue weighted by molar-refractivity contribution is 7.99. The Kier molecular flexibility index (Phi) is 5.96. The molecule has 26 heavy (non-hydrogen) atoms. The van der Waals surface area contributed by atoms with E-state index in [9.17, 15) is 4.79 Å². The van der Waals surface area contributed by atoms with E-state index in [1.54, 1.807) is 30.6 Å². The van der Waals surface area contributed by atoms with E-state index in [0.717, 1.165) is 5.69 Å². The predicted octanol–water partition coefficient (Wildman–Crippen LogP) is 4.77. The van der Waals surface area contributed by atoms with Gasteiger partial charge < -0.3 is 5.32 Å². The molecule has 0 aliphatic carbocycles. The Morgan fingerprint density at radius 3 is 2.69 bits per heavy atom. The zero-order chi connectivity index (χ0) is 18.5. The van der Waals surface area contributed by atoms with Crippen molar-refractivity contribution in [3.05, 3.63) is 65.4 Å². The average Bonchev–Trinajstić information content (AvgIpc) is 3.08. The Hall–Kier alpha value is -2.31. The minimum atomic E-state index is -0.123. The van der Waals surface area contributed by atoms with Gasteiger partial charge in [-0.1, -0.05) is 55.4 Å². The van der Waals surface area contributed by atoms with Gasteiger partial charge in [-0.3, -0.25) is 9.36 Å². The number of carbonyl (C=O) groups is 1. The molecule has 0 fully saturated rings. The van der Waals surface area contributed by atoms with Crippen LogP contribution in [0.4, 0.5) is 5.69 Å². The summed E-state index contributed by atoms with van der Waals surface area (Å²) in [6.07, 6.45) is 1.65. The lowest BCUT2D eigenvalue weighted by atomic mass is 10.0. The number of amides is 1. The predicted molar refractivity (Wildman–Crippen MR) is 106 cm³/mol. The Bertz CT molecular complexity index is 893. The molecule has 0 aliphatic rings. The molecule has 1 amide bonds. The summed E-state index contributed by atoms with van der Waals surface area (Å²) in [5.41, 5.74) is 2.92. The number of carbonyl (C=O) groups excluding carboxylic acids is 1. The van der Waals surface area contributed by atoms with Crippen molar-refractivity contribution in [3.8, 4) is 5.69 Å². The molecule has 134 valence electrons. The molecule has 7 heteroatoms. The lowest BCUT2D eigenvalue weighted by molar-refractivity contribution is -0.113. The molecule has 1 heterocycles. The van der Waals surface area contributed by atoms with E-state index < -0.39 is 0 Å². The van der Waals surface area contributed by atoms with Crippen LogP contribution in [-0.4, -0.2) is 26.4 Å². The molecule has 0 saturated heterocycles. The minimum Gasteiger partial charge on any atom is -0.325 e. The van der Waals surface area contributed by atoms with E-state index in [2.05, 4.69) is 41.5 Å². The van der Waals surface area contributed by atoms with Gasteiger partial charge in [-0.15, -0.1) is 10.2 Å². The smallest absolute Gasteiger partial charge is 0.234 e. The zero-order valence-electron chi connectivity index (χ0n) is 14.5. The zero-order valence-corrected chi connectivity index (χ0v) is 16.1. The SMILES string of the molecule is CC(C)c1ccc(-n2cnnc2SCC(=O)Nc2cccc(Cl)c2)cc1. The topological polar surface area (TPSA) is 59.8 Å². The quantitative estimate of drug-likeness (QED) is 0.619. The number of nitrogens with one attached hydrogen (secondary N) is 1. The summed E-state index contributed by atoms with van der Waals surface area (Å²) in [7, 11) is 0. The van der Waals surface area contributed by atoms with Crippen LogP contribution in [-0.2, 0) is 4.79 Å². The first-order chi connectivity index (χ1) is 12.5. The van der Waals surface area contributed by atoms with E-state index in [-0.39, 0.29) is 11.7 Å². The van der Waals surface area contributed by atoms with E-state index in [1.807, 2.05) is 16.7 Å². The fraction of sp³-hybridized carbons (Fsp3) is 0.211. The fourth-order valence-corrected chi connectivity index (χ4v) is 3.33. The van der Waals surface area contributed by atoms with Crippen LogP contribution in [0.2, 0.25) is 5.02 Å². The lowest BCUT2D eigenvalue weighted by Crippen LogP contribution is -2.14. The third kappa shape index (κ3) is 4.65. The van der Waals surface area contributed by atoms with Gasteiger partial charge in [0.15, 0.2) is 5.16 Å². The highest BCUT2D eigenvalue weighted by atomic mass is 35.5. The van der Waals surface area contributed by atoms with Crippen molar-refractivity contribution in [2.45, 2.75) is 24.9 Å². The Morgan fingerprint density at radius 2 is 2.00 bits per heavy atom. The van der Waals surface area contributed by atoms with Crippen molar-refractivity contribution >= 4 is 35.0 Å². The molecule has 1 aromatic heterocycles. The molecule has 3 aromatic rings. The van der Waals surface area contributed by atoms with Gasteiger partial charge in [0.2, 0.25) is 5.91 Å². The van der Waals surface area contributed by atoms with Crippen molar-refractivity contribution in [1.82, 2.24) is 14.8 Å². The summed E-state index contributed by atoms with van der Waals surface area (Å²) in [6.45, 7) is 4.32. The molecular weight excluding hydrogens is 368 g/mol. The van der Waals surface area contributed by atoms with Crippen LogP contribution >= 0.6 is 23.4 Å². The third-order valence-corrected chi connectivity index (χ3v) is 4.97. The van der Waals surface area contributed by atoms with Gasteiger partial charge in [0.25, 0.3) is 0 Å². The number of nitrogens with zero attached hydrogens (tertiary/aromatic N) is 3. The summed E-state index contributed by atoms with van der Waals surface area (Å²) >= 11 is 7.26. The maximum absolute atomic E-state index is 12.2. The van der Waals surface area contributed by atoms with Crippen LogP contribution in [0.5, 0.6) is 0 Å². The van der Waals surface area contributed by atoms with Gasteiger partial charge in [-0.2, -0.15) is 0 Å². The average molecular weight is 387 g/mol. The first-order valence-corrected chi connectivity index (χ1v) is 9.58. The molecule has 0 atom stereocenters. The molecule has 0 aliphatic heterocycles. The van der Waals surface area contributed by atoms with E-state index in [4.69, 9.17) is 11.6 Å². The summed E-state index contributed by atoms with van der Waals surface area (Å²) in [6, 6.07) is 15.3. The molecular formula is C19H19ClN4OS. The summed E-state index contributed by atoms with van der Waals surface area (Å²) in [5, 5.41) is 12.2. The number of halogens is 1. The molecule has 5 nitrogen and oxygen atoms in total. The summed E-state index contributed by atoms with van der Waals surface area (Å²) in [4.78, 5) is 12.2. The van der Waals surface area contributed by atoms with Crippen LogP contribution in [0.1, 0.15) is 25.3 Å². The molecule has 3 rings (SSSR count). The number of hydrogen-bond donors (Lipinski definition) is 1. The van der Waals surface area contributed by atoms with Crippen molar-refractivity contribution in [1.29, 1.82) is 0 Å². The molecule has 0 unspecified atom stereocenters. The number of aromatic nitrogens is 3. The van der Waals surface area contributed by atoms with Gasteiger partial charge in [-0.05, 0) is 41.8 Å². The molecule has 0 radical (unpaired) electrons. The standard InChI is InChI=1S/C19H19ClN4OS/c1-13(2)14-6-8-17(9-7-14)24-12-21-23-19(24)26-11-18(25)22-16-5-3-4-15(20)10-16/h3-10,12-13H,11H2,1-2H3,(H,22,25). The second kappa shape index (κ2) is 8.38. The summed E-state index contributed by atoms with van der Waals surface area (Å²) in [5.74, 6) is 0.589. The van der Waals surface area contributed by atoms with E-state index in [0.29, 0.717) is 21.8 Å². The molecule has 0 spiro atoms. The molecule has 0 saturated carbocycles. The fourth-order valence-electron chi connectivity index (χ4n) is 2.41. The second-order valence-corrected chi connectivity index (χ2v) is 7.46. The van der Waals surface area contributed by atoms with Crippen LogP contribution < -0.4 is 5.32 Å². The van der Waals surface area contributed by atoms with Gasteiger partial charge in [0.1, 0.15) is 6.33 Å². The van der Waals surface area contributed by atoms with Gasteiger partial charge in [0.05, 0.1) is 5.75 Å². The van der Waals surface area contributed by atoms with Gasteiger partial charge >= 0.3 is 0 Å². The normalized spacial score (nSPS) is 10.9. The largest absolute Gasteiger partial charge is 0.325 e.